The normalized spacial score (nSPS) is 15.3. The Morgan fingerprint density at radius 1 is 1.00 bits per heavy atom. The van der Waals surface area contributed by atoms with Crippen molar-refractivity contribution in [3.8, 4) is 0 Å². The van der Waals surface area contributed by atoms with Gasteiger partial charge in [0.25, 0.3) is 5.91 Å². The predicted octanol–water partition coefficient (Wildman–Crippen LogP) is 1.92. The van der Waals surface area contributed by atoms with Gasteiger partial charge in [-0.05, 0) is 23.3 Å². The molecule has 0 radical (unpaired) electrons. The molecule has 7 nitrogen and oxygen atoms in total. The summed E-state index contributed by atoms with van der Waals surface area (Å²) in [6.45, 7) is 4.03. The fourth-order valence-corrected chi connectivity index (χ4v) is 3.37. The molecule has 1 saturated heterocycles. The first-order chi connectivity index (χ1) is 14.2. The Hall–Kier alpha value is -2.90. The third kappa shape index (κ3) is 6.04. The summed E-state index contributed by atoms with van der Waals surface area (Å²) in [6, 6.07) is 17.3. The lowest BCUT2D eigenvalue weighted by atomic mass is 10.0. The summed E-state index contributed by atoms with van der Waals surface area (Å²) in [5.41, 5.74) is 2.71. The molecule has 0 aliphatic carbocycles. The van der Waals surface area contributed by atoms with E-state index in [2.05, 4.69) is 33.0 Å². The third-order valence-corrected chi connectivity index (χ3v) is 5.02. The number of rotatable bonds is 7. The molecule has 3 amide bonds. The van der Waals surface area contributed by atoms with Crippen molar-refractivity contribution in [3.63, 3.8) is 0 Å². The SMILES string of the molecule is CNC(=O)c1ccc(CNC(=O)NCC(c2ccccc2)N2CCOCC2)cc1. The summed E-state index contributed by atoms with van der Waals surface area (Å²) in [7, 11) is 1.60. The highest BCUT2D eigenvalue weighted by atomic mass is 16.5. The highest BCUT2D eigenvalue weighted by Gasteiger charge is 2.23. The van der Waals surface area contributed by atoms with Gasteiger partial charge in [0, 0.05) is 38.8 Å². The van der Waals surface area contributed by atoms with Crippen molar-refractivity contribution in [2.45, 2.75) is 12.6 Å². The Kier molecular flexibility index (Phi) is 7.61. The molecule has 1 unspecified atom stereocenters. The zero-order chi connectivity index (χ0) is 20.5. The van der Waals surface area contributed by atoms with Crippen LogP contribution in [0.1, 0.15) is 27.5 Å². The van der Waals surface area contributed by atoms with E-state index in [4.69, 9.17) is 4.74 Å². The second-order valence-corrected chi connectivity index (χ2v) is 6.91. The fourth-order valence-electron chi connectivity index (χ4n) is 3.37. The minimum atomic E-state index is -0.213. The maximum Gasteiger partial charge on any atom is 0.315 e. The molecule has 154 valence electrons. The maximum atomic E-state index is 12.3. The van der Waals surface area contributed by atoms with Gasteiger partial charge in [-0.25, -0.2) is 4.79 Å². The van der Waals surface area contributed by atoms with Crippen molar-refractivity contribution < 1.29 is 14.3 Å². The highest BCUT2D eigenvalue weighted by Crippen LogP contribution is 2.21. The van der Waals surface area contributed by atoms with Gasteiger partial charge in [-0.1, -0.05) is 42.5 Å². The van der Waals surface area contributed by atoms with Crippen LogP contribution in [0.15, 0.2) is 54.6 Å². The second-order valence-electron chi connectivity index (χ2n) is 6.91. The topological polar surface area (TPSA) is 82.7 Å². The lowest BCUT2D eigenvalue weighted by Gasteiger charge is -2.34. The number of nitrogens with one attached hydrogen (secondary N) is 3. The molecule has 1 atom stereocenters. The van der Waals surface area contributed by atoms with Gasteiger partial charge in [0.2, 0.25) is 0 Å². The number of nitrogens with zero attached hydrogens (tertiary/aromatic N) is 1. The Balaban J connectivity index is 1.52. The summed E-state index contributed by atoms with van der Waals surface area (Å²) in [5.74, 6) is -0.127. The summed E-state index contributed by atoms with van der Waals surface area (Å²) in [5, 5.41) is 8.46. The molecule has 1 aliphatic rings. The number of carbonyl (C=O) groups excluding carboxylic acids is 2. The Labute approximate surface area is 171 Å². The highest BCUT2D eigenvalue weighted by molar-refractivity contribution is 5.93. The number of hydrogen-bond donors (Lipinski definition) is 3. The number of amides is 3. The minimum absolute atomic E-state index is 0.109. The number of carbonyl (C=O) groups is 2. The molecular weight excluding hydrogens is 368 g/mol. The number of urea groups is 1. The van der Waals surface area contributed by atoms with E-state index in [1.807, 2.05) is 30.3 Å². The Morgan fingerprint density at radius 3 is 2.34 bits per heavy atom. The van der Waals surface area contributed by atoms with Crippen LogP contribution in [-0.4, -0.2) is 56.7 Å². The van der Waals surface area contributed by atoms with Crippen LogP contribution in [0, 0.1) is 0 Å². The molecule has 3 N–H and O–H groups in total. The van der Waals surface area contributed by atoms with Crippen molar-refractivity contribution in [2.24, 2.45) is 0 Å². The van der Waals surface area contributed by atoms with Gasteiger partial charge >= 0.3 is 6.03 Å². The Bertz CT molecular complexity index is 789. The maximum absolute atomic E-state index is 12.3. The van der Waals surface area contributed by atoms with E-state index in [-0.39, 0.29) is 18.0 Å². The molecule has 2 aromatic rings. The zero-order valence-electron chi connectivity index (χ0n) is 16.7. The first-order valence-corrected chi connectivity index (χ1v) is 9.87. The molecule has 7 heteroatoms. The van der Waals surface area contributed by atoms with Gasteiger partial charge < -0.3 is 20.7 Å². The van der Waals surface area contributed by atoms with Crippen LogP contribution in [0.25, 0.3) is 0 Å². The quantitative estimate of drug-likeness (QED) is 0.668. The molecule has 0 spiro atoms. The smallest absolute Gasteiger partial charge is 0.315 e. The monoisotopic (exact) mass is 396 g/mol. The van der Waals surface area contributed by atoms with Gasteiger partial charge in [-0.3, -0.25) is 9.69 Å². The van der Waals surface area contributed by atoms with Crippen molar-refractivity contribution in [3.05, 3.63) is 71.3 Å². The van der Waals surface area contributed by atoms with Crippen LogP contribution in [0.3, 0.4) is 0 Å². The second kappa shape index (κ2) is 10.6. The van der Waals surface area contributed by atoms with Crippen LogP contribution < -0.4 is 16.0 Å². The fraction of sp³-hybridized carbons (Fsp3) is 0.364. The van der Waals surface area contributed by atoms with Crippen LogP contribution in [0.5, 0.6) is 0 Å². The standard InChI is InChI=1S/C22H28N4O3/c1-23-21(27)19-9-7-17(8-10-19)15-24-22(28)25-16-20(18-5-3-2-4-6-18)26-11-13-29-14-12-26/h2-10,20H,11-16H2,1H3,(H,23,27)(H2,24,25,28). The summed E-state index contributed by atoms with van der Waals surface area (Å²) >= 11 is 0. The van der Waals surface area contributed by atoms with E-state index < -0.39 is 0 Å². The van der Waals surface area contributed by atoms with E-state index >= 15 is 0 Å². The molecule has 1 heterocycles. The van der Waals surface area contributed by atoms with Gasteiger partial charge in [-0.2, -0.15) is 0 Å². The van der Waals surface area contributed by atoms with Gasteiger partial charge in [-0.15, -0.1) is 0 Å². The third-order valence-electron chi connectivity index (χ3n) is 5.02. The average Bonchev–Trinajstić information content (AvgIpc) is 2.79. The molecule has 0 saturated carbocycles. The molecular formula is C22H28N4O3. The molecule has 29 heavy (non-hydrogen) atoms. The number of benzene rings is 2. The Morgan fingerprint density at radius 2 is 1.69 bits per heavy atom. The molecule has 3 rings (SSSR count). The van der Waals surface area contributed by atoms with E-state index in [0.29, 0.717) is 31.9 Å². The molecule has 2 aromatic carbocycles. The van der Waals surface area contributed by atoms with E-state index in [0.717, 1.165) is 18.7 Å². The number of morpholine rings is 1. The van der Waals surface area contributed by atoms with Crippen molar-refractivity contribution >= 4 is 11.9 Å². The zero-order valence-corrected chi connectivity index (χ0v) is 16.7. The number of ether oxygens (including phenoxy) is 1. The summed E-state index contributed by atoms with van der Waals surface area (Å²) in [6.07, 6.45) is 0. The summed E-state index contributed by atoms with van der Waals surface area (Å²) < 4.78 is 5.46. The van der Waals surface area contributed by atoms with Crippen molar-refractivity contribution in [1.29, 1.82) is 0 Å². The van der Waals surface area contributed by atoms with Crippen molar-refractivity contribution in [2.75, 3.05) is 39.9 Å². The molecule has 0 bridgehead atoms. The molecule has 1 aliphatic heterocycles. The predicted molar refractivity (Wildman–Crippen MR) is 112 cm³/mol. The average molecular weight is 396 g/mol. The lowest BCUT2D eigenvalue weighted by molar-refractivity contribution is 0.0167. The molecule has 1 fully saturated rings. The van der Waals surface area contributed by atoms with E-state index in [1.54, 1.807) is 19.2 Å². The van der Waals surface area contributed by atoms with Crippen LogP contribution in [0.4, 0.5) is 4.79 Å². The van der Waals surface area contributed by atoms with E-state index in [9.17, 15) is 9.59 Å². The van der Waals surface area contributed by atoms with Crippen LogP contribution in [-0.2, 0) is 11.3 Å². The van der Waals surface area contributed by atoms with Crippen molar-refractivity contribution in [1.82, 2.24) is 20.9 Å². The summed E-state index contributed by atoms with van der Waals surface area (Å²) in [4.78, 5) is 26.3. The van der Waals surface area contributed by atoms with Crippen LogP contribution in [0.2, 0.25) is 0 Å². The molecule has 0 aromatic heterocycles. The van der Waals surface area contributed by atoms with Gasteiger partial charge in [0.05, 0.1) is 19.3 Å². The minimum Gasteiger partial charge on any atom is -0.379 e. The number of hydrogen-bond acceptors (Lipinski definition) is 4. The van der Waals surface area contributed by atoms with Gasteiger partial charge in [0.15, 0.2) is 0 Å². The first kappa shape index (κ1) is 20.8. The van der Waals surface area contributed by atoms with Gasteiger partial charge in [0.1, 0.15) is 0 Å². The lowest BCUT2D eigenvalue weighted by Crippen LogP contribution is -2.45. The largest absolute Gasteiger partial charge is 0.379 e. The van der Waals surface area contributed by atoms with Crippen LogP contribution >= 0.6 is 0 Å². The first-order valence-electron chi connectivity index (χ1n) is 9.87. The van der Waals surface area contributed by atoms with E-state index in [1.165, 1.54) is 5.56 Å².